The summed E-state index contributed by atoms with van der Waals surface area (Å²) in [7, 11) is 0. The Hall–Kier alpha value is 0.363. The Bertz CT molecular complexity index is 340. The summed E-state index contributed by atoms with van der Waals surface area (Å²) in [6, 6.07) is 0. The van der Waals surface area contributed by atoms with Gasteiger partial charge in [0.25, 0.3) is 0 Å². The summed E-state index contributed by atoms with van der Waals surface area (Å²) in [6.07, 6.45) is 30.7. The molecule has 0 fully saturated rings. The first-order chi connectivity index (χ1) is 11.8. The van der Waals surface area contributed by atoms with Crippen molar-refractivity contribution in [3.8, 4) is 0 Å². The van der Waals surface area contributed by atoms with Crippen LogP contribution in [-0.2, 0) is 24.7 Å². The molecule has 0 aromatic heterocycles. The molecule has 0 atom stereocenters. The predicted molar refractivity (Wildman–Crippen MR) is 105 cm³/mol. The molecule has 0 saturated heterocycles. The summed E-state index contributed by atoms with van der Waals surface area (Å²) in [4.78, 5) is 0. The third-order valence-corrected chi connectivity index (χ3v) is 6.62. The van der Waals surface area contributed by atoms with E-state index in [2.05, 4.69) is 19.1 Å². The van der Waals surface area contributed by atoms with E-state index in [0.717, 1.165) is 0 Å². The van der Waals surface area contributed by atoms with Crippen molar-refractivity contribution in [2.45, 2.75) is 122 Å². The van der Waals surface area contributed by atoms with Gasteiger partial charge in [-0.2, -0.15) is 0 Å². The molecular formula is C23H41Zr. The van der Waals surface area contributed by atoms with E-state index in [1.54, 1.807) is 33.6 Å². The third-order valence-electron chi connectivity index (χ3n) is 5.33. The minimum absolute atomic E-state index is 1.24. The fraction of sp³-hybridized carbons (Fsp3) is 0.826. The van der Waals surface area contributed by atoms with E-state index in [4.69, 9.17) is 0 Å². The van der Waals surface area contributed by atoms with Gasteiger partial charge in [-0.25, -0.2) is 0 Å². The Morgan fingerprint density at radius 2 is 1.08 bits per heavy atom. The second kappa shape index (κ2) is 16.8. The van der Waals surface area contributed by atoms with E-state index in [0.29, 0.717) is 0 Å². The molecule has 0 amide bonds. The summed E-state index contributed by atoms with van der Waals surface area (Å²) >= 11 is 1.63. The van der Waals surface area contributed by atoms with Crippen molar-refractivity contribution in [1.29, 1.82) is 0 Å². The number of unbranched alkanes of at least 4 members (excludes halogenated alkanes) is 15. The van der Waals surface area contributed by atoms with Crippen LogP contribution in [0.3, 0.4) is 0 Å². The molecule has 1 aliphatic rings. The van der Waals surface area contributed by atoms with Crippen molar-refractivity contribution in [2.75, 3.05) is 0 Å². The molecule has 0 aromatic carbocycles. The average Bonchev–Trinajstić information content (AvgIpc) is 2.99. The fourth-order valence-electron chi connectivity index (χ4n) is 3.65. The van der Waals surface area contributed by atoms with Crippen LogP contribution in [0, 0.1) is 0 Å². The zero-order chi connectivity index (χ0) is 17.3. The molecule has 0 saturated carbocycles. The van der Waals surface area contributed by atoms with Crippen molar-refractivity contribution in [1.82, 2.24) is 0 Å². The van der Waals surface area contributed by atoms with Gasteiger partial charge >= 0.3 is 116 Å². The summed E-state index contributed by atoms with van der Waals surface area (Å²) in [5.41, 5.74) is 1.67. The van der Waals surface area contributed by atoms with Crippen LogP contribution >= 0.6 is 0 Å². The molecule has 137 valence electrons. The van der Waals surface area contributed by atoms with Crippen LogP contribution in [0.25, 0.3) is 0 Å². The number of rotatable bonds is 17. The number of allylic oxidation sites excluding steroid dienone is 4. The minimum atomic E-state index is 1.24. The molecule has 0 aliphatic heterocycles. The zero-order valence-corrected chi connectivity index (χ0v) is 18.8. The van der Waals surface area contributed by atoms with Gasteiger partial charge in [0.2, 0.25) is 0 Å². The standard InChI is InChI=1S/C23H41.Zr/c1-2-3-4-5-6-7-8-9-10-11-12-13-14-15-16-17-20-23-21-18-19-22-23;/h18,21H,2-17,19-20H2,1H3;. The van der Waals surface area contributed by atoms with E-state index in [1.165, 1.54) is 116 Å². The zero-order valence-electron chi connectivity index (χ0n) is 16.4. The van der Waals surface area contributed by atoms with Crippen LogP contribution in [0.1, 0.15) is 122 Å². The maximum absolute atomic E-state index is 2.37. The molecular weight excluding hydrogens is 367 g/mol. The van der Waals surface area contributed by atoms with Crippen LogP contribution < -0.4 is 0 Å². The van der Waals surface area contributed by atoms with Gasteiger partial charge in [-0.3, -0.25) is 0 Å². The molecule has 0 nitrogen and oxygen atoms in total. The molecule has 24 heavy (non-hydrogen) atoms. The molecule has 0 bridgehead atoms. The van der Waals surface area contributed by atoms with Gasteiger partial charge in [-0.15, -0.1) is 0 Å². The molecule has 0 heterocycles. The van der Waals surface area contributed by atoms with Crippen molar-refractivity contribution in [2.24, 2.45) is 0 Å². The molecule has 0 spiro atoms. The van der Waals surface area contributed by atoms with Gasteiger partial charge in [0.05, 0.1) is 0 Å². The second-order valence-electron chi connectivity index (χ2n) is 7.66. The molecule has 0 unspecified atom stereocenters. The van der Waals surface area contributed by atoms with E-state index in [1.807, 2.05) is 0 Å². The Balaban J connectivity index is 1.70. The number of hydrogen-bond donors (Lipinski definition) is 0. The van der Waals surface area contributed by atoms with Gasteiger partial charge in [0, 0.05) is 0 Å². The van der Waals surface area contributed by atoms with Crippen LogP contribution in [0.15, 0.2) is 21.0 Å². The van der Waals surface area contributed by atoms with E-state index in [-0.39, 0.29) is 0 Å². The van der Waals surface area contributed by atoms with Crippen LogP contribution in [0.5, 0.6) is 0 Å². The van der Waals surface area contributed by atoms with Gasteiger partial charge in [0.1, 0.15) is 0 Å². The Kier molecular flexibility index (Phi) is 15.7. The molecule has 1 aliphatic carbocycles. The van der Waals surface area contributed by atoms with Crippen LogP contribution in [0.4, 0.5) is 0 Å². The fourth-order valence-corrected chi connectivity index (χ4v) is 4.45. The summed E-state index contributed by atoms with van der Waals surface area (Å²) < 4.78 is 1.70. The van der Waals surface area contributed by atoms with Crippen LogP contribution in [-0.4, -0.2) is 0 Å². The maximum atomic E-state index is 2.37. The Morgan fingerprint density at radius 3 is 1.46 bits per heavy atom. The van der Waals surface area contributed by atoms with E-state index in [9.17, 15) is 0 Å². The Labute approximate surface area is 167 Å². The van der Waals surface area contributed by atoms with Crippen molar-refractivity contribution in [3.63, 3.8) is 0 Å². The normalized spacial score (nSPS) is 14.0. The quantitative estimate of drug-likeness (QED) is 0.212. The first kappa shape index (κ1) is 22.4. The van der Waals surface area contributed by atoms with E-state index < -0.39 is 0 Å². The number of hydrogen-bond acceptors (Lipinski definition) is 0. The summed E-state index contributed by atoms with van der Waals surface area (Å²) in [5, 5.41) is 0. The third kappa shape index (κ3) is 12.7. The monoisotopic (exact) mass is 407 g/mol. The first-order valence-corrected chi connectivity index (χ1v) is 12.2. The van der Waals surface area contributed by atoms with Crippen LogP contribution in [0.2, 0.25) is 0 Å². The molecule has 1 heteroatoms. The summed E-state index contributed by atoms with van der Waals surface area (Å²) in [5.74, 6) is 0. The van der Waals surface area contributed by atoms with Crippen molar-refractivity contribution < 1.29 is 24.7 Å². The first-order valence-electron chi connectivity index (χ1n) is 10.9. The molecule has 0 aromatic rings. The summed E-state index contributed by atoms with van der Waals surface area (Å²) in [6.45, 7) is 2.30. The van der Waals surface area contributed by atoms with Gasteiger partial charge in [-0.05, 0) is 0 Å². The second-order valence-corrected chi connectivity index (χ2v) is 9.15. The van der Waals surface area contributed by atoms with Gasteiger partial charge < -0.3 is 0 Å². The van der Waals surface area contributed by atoms with Gasteiger partial charge in [-0.1, -0.05) is 51.9 Å². The Morgan fingerprint density at radius 1 is 0.667 bits per heavy atom. The predicted octanol–water partition coefficient (Wildman–Crippen LogP) is 8.40. The molecule has 0 N–H and O–H groups in total. The SMILES string of the molecule is CCCCCCCCCCCCCCCCCCC1=[C]([Zr])CC=C1. The van der Waals surface area contributed by atoms with Gasteiger partial charge in [0.15, 0.2) is 0 Å². The average molecular weight is 409 g/mol. The van der Waals surface area contributed by atoms with Crippen molar-refractivity contribution in [3.05, 3.63) is 21.0 Å². The molecule has 1 rings (SSSR count). The molecule has 0 radical (unpaired) electrons. The van der Waals surface area contributed by atoms with Crippen molar-refractivity contribution >= 4 is 0 Å². The van der Waals surface area contributed by atoms with E-state index >= 15 is 0 Å². The topological polar surface area (TPSA) is 0 Å².